The number of nitro groups is 1. The van der Waals surface area contributed by atoms with Crippen LogP contribution in [0.1, 0.15) is 26.2 Å². The van der Waals surface area contributed by atoms with Crippen LogP contribution in [0.25, 0.3) is 0 Å². The van der Waals surface area contributed by atoms with Crippen molar-refractivity contribution in [3.05, 3.63) is 28.3 Å². The van der Waals surface area contributed by atoms with E-state index in [0.717, 1.165) is 31.4 Å². The highest BCUT2D eigenvalue weighted by Gasteiger charge is 2.29. The summed E-state index contributed by atoms with van der Waals surface area (Å²) in [4.78, 5) is 9.87. The number of anilines is 1. The Morgan fingerprint density at radius 3 is 2.71 bits per heavy atom. The number of nitrogens with two attached hydrogens (primary N) is 1. The smallest absolute Gasteiger partial charge is 0.289 e. The molecular formula is C13H19N3O4S. The van der Waals surface area contributed by atoms with E-state index in [9.17, 15) is 18.5 Å². The van der Waals surface area contributed by atoms with Crippen LogP contribution in [-0.4, -0.2) is 19.9 Å². The first-order valence-electron chi connectivity index (χ1n) is 6.85. The van der Waals surface area contributed by atoms with Crippen molar-refractivity contribution < 1.29 is 13.3 Å². The second-order valence-electron chi connectivity index (χ2n) is 5.50. The summed E-state index contributed by atoms with van der Waals surface area (Å²) in [6, 6.07) is 3.55. The summed E-state index contributed by atoms with van der Waals surface area (Å²) >= 11 is 0. The molecule has 7 nitrogen and oxygen atoms in total. The highest BCUT2D eigenvalue weighted by Crippen LogP contribution is 2.31. The molecule has 0 aromatic heterocycles. The van der Waals surface area contributed by atoms with E-state index in [4.69, 9.17) is 5.73 Å². The average Bonchev–Trinajstić information content (AvgIpc) is 2.81. The average molecular weight is 313 g/mol. The lowest BCUT2D eigenvalue weighted by molar-refractivity contribution is -0.387. The fraction of sp³-hybridized carbons (Fsp3) is 0.538. The summed E-state index contributed by atoms with van der Waals surface area (Å²) in [6.45, 7) is 2.39. The molecule has 0 bridgehead atoms. The molecule has 1 aromatic rings. The van der Waals surface area contributed by atoms with Crippen LogP contribution >= 0.6 is 0 Å². The Balaban J connectivity index is 2.23. The van der Waals surface area contributed by atoms with E-state index in [1.807, 2.05) is 0 Å². The van der Waals surface area contributed by atoms with E-state index >= 15 is 0 Å². The first kappa shape index (κ1) is 15.7. The summed E-state index contributed by atoms with van der Waals surface area (Å²) < 4.78 is 27.1. The Kier molecular flexibility index (Phi) is 4.48. The van der Waals surface area contributed by atoms with Gasteiger partial charge in [-0.15, -0.1) is 0 Å². The van der Waals surface area contributed by atoms with Crippen molar-refractivity contribution in [2.24, 2.45) is 11.8 Å². The van der Waals surface area contributed by atoms with Crippen molar-refractivity contribution in [1.82, 2.24) is 4.72 Å². The number of hydrogen-bond donors (Lipinski definition) is 2. The van der Waals surface area contributed by atoms with Gasteiger partial charge in [0.05, 0.1) is 4.92 Å². The molecule has 1 fully saturated rings. The zero-order chi connectivity index (χ0) is 15.6. The van der Waals surface area contributed by atoms with E-state index in [0.29, 0.717) is 12.5 Å². The van der Waals surface area contributed by atoms with Crippen LogP contribution < -0.4 is 10.5 Å². The normalized spacial score (nSPS) is 22.3. The molecule has 21 heavy (non-hydrogen) atoms. The maximum absolute atomic E-state index is 12.3. The molecule has 0 saturated heterocycles. The van der Waals surface area contributed by atoms with Gasteiger partial charge < -0.3 is 5.73 Å². The predicted octanol–water partition coefficient (Wildman–Crippen LogP) is 1.89. The molecule has 0 radical (unpaired) electrons. The number of nitrogen functional groups attached to an aromatic ring is 1. The van der Waals surface area contributed by atoms with Gasteiger partial charge in [-0.05, 0) is 30.4 Å². The number of nitrogens with zero attached hydrogens (tertiary/aromatic N) is 1. The van der Waals surface area contributed by atoms with Gasteiger partial charge in [0.1, 0.15) is 0 Å². The van der Waals surface area contributed by atoms with Crippen LogP contribution in [0.3, 0.4) is 0 Å². The molecule has 3 N–H and O–H groups in total. The summed E-state index contributed by atoms with van der Waals surface area (Å²) in [5.74, 6) is 0.739. The Hall–Kier alpha value is -1.67. The van der Waals surface area contributed by atoms with Crippen LogP contribution in [-0.2, 0) is 10.0 Å². The molecule has 1 aliphatic carbocycles. The molecule has 2 rings (SSSR count). The number of nitrogens with one attached hydrogen (secondary N) is 1. The van der Waals surface area contributed by atoms with Crippen molar-refractivity contribution in [3.63, 3.8) is 0 Å². The van der Waals surface area contributed by atoms with Crippen LogP contribution in [0.15, 0.2) is 23.1 Å². The minimum Gasteiger partial charge on any atom is -0.399 e. The summed E-state index contributed by atoms with van der Waals surface area (Å²) in [6.07, 6.45) is 3.15. The van der Waals surface area contributed by atoms with E-state index in [1.54, 1.807) is 0 Å². The molecule has 8 heteroatoms. The second kappa shape index (κ2) is 5.98. The minimum absolute atomic E-state index is 0.176. The number of benzene rings is 1. The molecule has 1 aromatic carbocycles. The van der Waals surface area contributed by atoms with Crippen LogP contribution in [0.4, 0.5) is 11.4 Å². The van der Waals surface area contributed by atoms with E-state index in [1.165, 1.54) is 6.07 Å². The van der Waals surface area contributed by atoms with Crippen molar-refractivity contribution in [1.29, 1.82) is 0 Å². The van der Waals surface area contributed by atoms with Crippen molar-refractivity contribution in [2.45, 2.75) is 31.1 Å². The standard InChI is InChI=1S/C13H19N3O4S/c1-9-3-2-4-10(9)8-15-21(19,20)13-7-11(14)5-6-12(13)16(17)18/h5-7,9-10,15H,2-4,8,14H2,1H3. The third kappa shape index (κ3) is 3.51. The zero-order valence-corrected chi connectivity index (χ0v) is 12.6. The van der Waals surface area contributed by atoms with Crippen LogP contribution in [0.5, 0.6) is 0 Å². The van der Waals surface area contributed by atoms with Gasteiger partial charge in [0.2, 0.25) is 10.0 Å². The Bertz CT molecular complexity index is 645. The first-order valence-corrected chi connectivity index (χ1v) is 8.33. The minimum atomic E-state index is -3.94. The summed E-state index contributed by atoms with van der Waals surface area (Å²) in [5, 5.41) is 11.0. The van der Waals surface area contributed by atoms with Gasteiger partial charge >= 0.3 is 0 Å². The number of nitro benzene ring substituents is 1. The summed E-state index contributed by atoms with van der Waals surface area (Å²) in [5.41, 5.74) is 5.26. The van der Waals surface area contributed by atoms with Gasteiger partial charge in [-0.1, -0.05) is 19.8 Å². The first-order chi connectivity index (χ1) is 9.81. The predicted molar refractivity (Wildman–Crippen MR) is 79.2 cm³/mol. The molecule has 116 valence electrons. The van der Waals surface area contributed by atoms with Gasteiger partial charge in [-0.2, -0.15) is 0 Å². The van der Waals surface area contributed by atoms with E-state index in [2.05, 4.69) is 11.6 Å². The van der Waals surface area contributed by atoms with Gasteiger partial charge in [0.25, 0.3) is 5.69 Å². The maximum atomic E-state index is 12.3. The van der Waals surface area contributed by atoms with Crippen LogP contribution in [0.2, 0.25) is 0 Å². The molecule has 0 spiro atoms. The molecule has 0 aliphatic heterocycles. The third-order valence-electron chi connectivity index (χ3n) is 4.04. The highest BCUT2D eigenvalue weighted by molar-refractivity contribution is 7.89. The number of hydrogen-bond acceptors (Lipinski definition) is 5. The number of rotatable bonds is 5. The maximum Gasteiger partial charge on any atom is 0.289 e. The van der Waals surface area contributed by atoms with E-state index in [-0.39, 0.29) is 16.5 Å². The van der Waals surface area contributed by atoms with Gasteiger partial charge in [-0.3, -0.25) is 10.1 Å². The molecule has 1 saturated carbocycles. The molecule has 0 amide bonds. The Labute approximate surface area is 123 Å². The monoisotopic (exact) mass is 313 g/mol. The lowest BCUT2D eigenvalue weighted by Gasteiger charge is -2.16. The third-order valence-corrected chi connectivity index (χ3v) is 5.50. The van der Waals surface area contributed by atoms with Crippen molar-refractivity contribution in [3.8, 4) is 0 Å². The van der Waals surface area contributed by atoms with Gasteiger partial charge in [0.15, 0.2) is 4.90 Å². The highest BCUT2D eigenvalue weighted by atomic mass is 32.2. The molecule has 1 aliphatic rings. The fourth-order valence-corrected chi connectivity index (χ4v) is 4.01. The van der Waals surface area contributed by atoms with Gasteiger partial charge in [-0.25, -0.2) is 13.1 Å². The number of sulfonamides is 1. The molecule has 0 heterocycles. The van der Waals surface area contributed by atoms with E-state index < -0.39 is 20.6 Å². The quantitative estimate of drug-likeness (QED) is 0.489. The fourth-order valence-electron chi connectivity index (χ4n) is 2.72. The van der Waals surface area contributed by atoms with Crippen LogP contribution in [0, 0.1) is 22.0 Å². The molecular weight excluding hydrogens is 294 g/mol. The topological polar surface area (TPSA) is 115 Å². The van der Waals surface area contributed by atoms with Crippen molar-refractivity contribution >= 4 is 21.4 Å². The SMILES string of the molecule is CC1CCCC1CNS(=O)(=O)c1cc(N)ccc1[N+](=O)[O-]. The summed E-state index contributed by atoms with van der Waals surface area (Å²) in [7, 11) is -3.94. The lowest BCUT2D eigenvalue weighted by Crippen LogP contribution is -2.30. The lowest BCUT2D eigenvalue weighted by atomic mass is 9.99. The Morgan fingerprint density at radius 1 is 1.43 bits per heavy atom. The molecule has 2 unspecified atom stereocenters. The zero-order valence-electron chi connectivity index (χ0n) is 11.8. The second-order valence-corrected chi connectivity index (χ2v) is 7.24. The molecule has 2 atom stereocenters. The van der Waals surface area contributed by atoms with Crippen molar-refractivity contribution in [2.75, 3.05) is 12.3 Å². The van der Waals surface area contributed by atoms with Gasteiger partial charge in [0, 0.05) is 18.3 Å². The Morgan fingerprint density at radius 2 is 2.14 bits per heavy atom. The largest absolute Gasteiger partial charge is 0.399 e.